The number of halogens is 1. The van der Waals surface area contributed by atoms with E-state index in [-0.39, 0.29) is 5.91 Å². The first-order chi connectivity index (χ1) is 15.0. The molecule has 1 aliphatic rings. The molecule has 1 amide bonds. The summed E-state index contributed by atoms with van der Waals surface area (Å²) in [5, 5.41) is 8.01. The maximum atomic E-state index is 12.8. The highest BCUT2D eigenvalue weighted by molar-refractivity contribution is 7.80. The Labute approximate surface area is 193 Å². The highest BCUT2D eigenvalue weighted by Crippen LogP contribution is 2.25. The van der Waals surface area contributed by atoms with E-state index in [0.717, 1.165) is 23.4 Å². The summed E-state index contributed by atoms with van der Waals surface area (Å²) in [6, 6.07) is 13.2. The molecule has 2 aromatic carbocycles. The fourth-order valence-corrected chi connectivity index (χ4v) is 3.74. The van der Waals surface area contributed by atoms with Crippen molar-refractivity contribution in [3.05, 3.63) is 64.7 Å². The van der Waals surface area contributed by atoms with Crippen molar-refractivity contribution in [2.75, 3.05) is 33.9 Å². The lowest BCUT2D eigenvalue weighted by Crippen LogP contribution is -2.49. The van der Waals surface area contributed by atoms with E-state index in [0.29, 0.717) is 36.2 Å². The lowest BCUT2D eigenvalue weighted by Gasteiger charge is -2.29. The molecule has 0 bridgehead atoms. The van der Waals surface area contributed by atoms with Crippen LogP contribution in [0.25, 0.3) is 6.08 Å². The quantitative estimate of drug-likeness (QED) is 0.500. The van der Waals surface area contributed by atoms with Gasteiger partial charge in [0.05, 0.1) is 14.2 Å². The van der Waals surface area contributed by atoms with E-state index >= 15 is 0 Å². The van der Waals surface area contributed by atoms with Crippen LogP contribution in [0.4, 0.5) is 0 Å². The fraction of sp³-hybridized carbons (Fsp3) is 0.304. The van der Waals surface area contributed by atoms with Crippen molar-refractivity contribution in [1.29, 1.82) is 0 Å². The van der Waals surface area contributed by atoms with Crippen molar-refractivity contribution < 1.29 is 14.3 Å². The number of carbonyl (C=O) groups is 1. The SMILES string of the molecule is COc1ccc(OC)c(C=CC(=O)N2CCCN2C(=S)NCCc2ccc(Cl)cc2)c1. The second-order valence-corrected chi connectivity index (χ2v) is 7.81. The molecule has 1 heterocycles. The number of hydrazine groups is 1. The van der Waals surface area contributed by atoms with E-state index in [9.17, 15) is 4.79 Å². The molecule has 0 radical (unpaired) electrons. The molecular formula is C23H26ClN3O3S. The fourth-order valence-electron chi connectivity index (χ4n) is 3.32. The summed E-state index contributed by atoms with van der Waals surface area (Å²) < 4.78 is 10.6. The van der Waals surface area contributed by atoms with Gasteiger partial charge in [-0.2, -0.15) is 0 Å². The van der Waals surface area contributed by atoms with Gasteiger partial charge in [-0.15, -0.1) is 0 Å². The summed E-state index contributed by atoms with van der Waals surface area (Å²) >= 11 is 11.5. The van der Waals surface area contributed by atoms with Crippen molar-refractivity contribution in [3.8, 4) is 11.5 Å². The third kappa shape index (κ3) is 6.12. The Morgan fingerprint density at radius 1 is 1.13 bits per heavy atom. The van der Waals surface area contributed by atoms with Crippen LogP contribution in [0.15, 0.2) is 48.5 Å². The third-order valence-electron chi connectivity index (χ3n) is 4.97. The Morgan fingerprint density at radius 3 is 2.58 bits per heavy atom. The predicted molar refractivity (Wildman–Crippen MR) is 127 cm³/mol. The zero-order chi connectivity index (χ0) is 22.2. The summed E-state index contributed by atoms with van der Waals surface area (Å²) in [6.07, 6.45) is 4.94. The topological polar surface area (TPSA) is 54.0 Å². The number of ether oxygens (including phenoxy) is 2. The van der Waals surface area contributed by atoms with Crippen LogP contribution in [-0.2, 0) is 11.2 Å². The van der Waals surface area contributed by atoms with E-state index in [2.05, 4.69) is 5.32 Å². The summed E-state index contributed by atoms with van der Waals surface area (Å²) in [4.78, 5) is 12.8. The minimum atomic E-state index is -0.135. The molecule has 0 atom stereocenters. The molecule has 0 aromatic heterocycles. The van der Waals surface area contributed by atoms with Crippen LogP contribution in [0.2, 0.25) is 5.02 Å². The van der Waals surface area contributed by atoms with Crippen molar-refractivity contribution in [1.82, 2.24) is 15.3 Å². The lowest BCUT2D eigenvalue weighted by atomic mass is 10.1. The first-order valence-corrected chi connectivity index (χ1v) is 10.8. The smallest absolute Gasteiger partial charge is 0.265 e. The number of benzene rings is 2. The average Bonchev–Trinajstić information content (AvgIpc) is 3.28. The molecule has 3 rings (SSSR count). The van der Waals surface area contributed by atoms with Gasteiger partial charge in [0.1, 0.15) is 11.5 Å². The van der Waals surface area contributed by atoms with Gasteiger partial charge in [-0.3, -0.25) is 9.80 Å². The second kappa shape index (κ2) is 11.0. The average molecular weight is 460 g/mol. The summed E-state index contributed by atoms with van der Waals surface area (Å²) in [5.74, 6) is 1.23. The summed E-state index contributed by atoms with van der Waals surface area (Å²) in [7, 11) is 3.20. The normalized spacial score (nSPS) is 13.5. The predicted octanol–water partition coefficient (Wildman–Crippen LogP) is 3.94. The van der Waals surface area contributed by atoms with Gasteiger partial charge in [-0.25, -0.2) is 5.01 Å². The molecule has 0 saturated carbocycles. The largest absolute Gasteiger partial charge is 0.497 e. The van der Waals surface area contributed by atoms with E-state index < -0.39 is 0 Å². The molecular weight excluding hydrogens is 434 g/mol. The molecule has 1 aliphatic heterocycles. The van der Waals surface area contributed by atoms with Gasteiger partial charge >= 0.3 is 0 Å². The minimum Gasteiger partial charge on any atom is -0.497 e. The van der Waals surface area contributed by atoms with Gasteiger partial charge in [0.2, 0.25) is 0 Å². The second-order valence-electron chi connectivity index (χ2n) is 6.99. The molecule has 0 spiro atoms. The lowest BCUT2D eigenvalue weighted by molar-refractivity contribution is -0.133. The van der Waals surface area contributed by atoms with E-state index in [4.69, 9.17) is 33.3 Å². The number of nitrogens with zero attached hydrogens (tertiary/aromatic N) is 2. The first kappa shape index (κ1) is 22.9. The molecule has 2 aromatic rings. The number of thiocarbonyl (C=S) groups is 1. The van der Waals surface area contributed by atoms with Crippen molar-refractivity contribution in [2.45, 2.75) is 12.8 Å². The van der Waals surface area contributed by atoms with Gasteiger partial charge in [-0.05, 0) is 67.0 Å². The highest BCUT2D eigenvalue weighted by Gasteiger charge is 2.27. The summed E-state index contributed by atoms with van der Waals surface area (Å²) in [5.41, 5.74) is 1.94. The van der Waals surface area contributed by atoms with Gasteiger partial charge < -0.3 is 14.8 Å². The van der Waals surface area contributed by atoms with Crippen molar-refractivity contribution in [2.24, 2.45) is 0 Å². The molecule has 1 fully saturated rings. The monoisotopic (exact) mass is 459 g/mol. The van der Waals surface area contributed by atoms with Crippen molar-refractivity contribution in [3.63, 3.8) is 0 Å². The standard InChI is InChI=1S/C23H26ClN3O3S/c1-29-20-9-10-21(30-2)18(16-20)6-11-22(28)26-14-3-15-27(26)23(31)25-13-12-17-4-7-19(24)8-5-17/h4-11,16H,3,12-15H2,1-2H3,(H,25,31). The van der Waals surface area contributed by atoms with Gasteiger partial charge in [0.25, 0.3) is 5.91 Å². The van der Waals surface area contributed by atoms with Gasteiger partial charge in [-0.1, -0.05) is 23.7 Å². The van der Waals surface area contributed by atoms with Crippen LogP contribution in [0.5, 0.6) is 11.5 Å². The van der Waals surface area contributed by atoms with Crippen molar-refractivity contribution >= 4 is 40.9 Å². The maximum absolute atomic E-state index is 12.8. The molecule has 31 heavy (non-hydrogen) atoms. The van der Waals surface area contributed by atoms with Gasteiger partial charge in [0.15, 0.2) is 5.11 Å². The minimum absolute atomic E-state index is 0.135. The molecule has 1 saturated heterocycles. The molecule has 0 aliphatic carbocycles. The third-order valence-corrected chi connectivity index (χ3v) is 5.57. The molecule has 1 N–H and O–H groups in total. The number of rotatable bonds is 7. The zero-order valence-corrected chi connectivity index (χ0v) is 19.2. The van der Waals surface area contributed by atoms with Crippen LogP contribution in [-0.4, -0.2) is 54.9 Å². The number of carbonyl (C=O) groups excluding carboxylic acids is 1. The highest BCUT2D eigenvalue weighted by atomic mass is 35.5. The Morgan fingerprint density at radius 2 is 1.87 bits per heavy atom. The zero-order valence-electron chi connectivity index (χ0n) is 17.6. The number of methoxy groups -OCH3 is 2. The van der Waals surface area contributed by atoms with Gasteiger partial charge in [0, 0.05) is 36.3 Å². The molecule has 8 heteroatoms. The maximum Gasteiger partial charge on any atom is 0.265 e. The Bertz CT molecular complexity index is 950. The van der Waals surface area contributed by atoms with Crippen LogP contribution in [0.3, 0.4) is 0 Å². The summed E-state index contributed by atoms with van der Waals surface area (Å²) in [6.45, 7) is 2.00. The molecule has 6 nitrogen and oxygen atoms in total. The van der Waals surface area contributed by atoms with E-state index in [1.54, 1.807) is 25.3 Å². The van der Waals surface area contributed by atoms with Crippen LogP contribution in [0.1, 0.15) is 17.5 Å². The van der Waals surface area contributed by atoms with E-state index in [1.807, 2.05) is 47.5 Å². The van der Waals surface area contributed by atoms with E-state index in [1.165, 1.54) is 11.6 Å². The Balaban J connectivity index is 1.59. The Kier molecular flexibility index (Phi) is 8.14. The number of hydrogen-bond acceptors (Lipinski definition) is 4. The Hall–Kier alpha value is -2.77. The van der Waals surface area contributed by atoms with Crippen LogP contribution in [0, 0.1) is 0 Å². The number of hydrogen-bond donors (Lipinski definition) is 1. The number of nitrogens with one attached hydrogen (secondary N) is 1. The first-order valence-electron chi connectivity index (χ1n) is 10.0. The van der Waals surface area contributed by atoms with Crippen LogP contribution < -0.4 is 14.8 Å². The number of amides is 1. The molecule has 0 unspecified atom stereocenters. The molecule has 164 valence electrons. The van der Waals surface area contributed by atoms with Crippen LogP contribution >= 0.6 is 23.8 Å².